The zero-order valence-corrected chi connectivity index (χ0v) is 12.0. The third-order valence-corrected chi connectivity index (χ3v) is 3.47. The van der Waals surface area contributed by atoms with Crippen molar-refractivity contribution in [2.45, 2.75) is 18.8 Å². The predicted octanol–water partition coefficient (Wildman–Crippen LogP) is 2.55. The van der Waals surface area contributed by atoms with E-state index >= 15 is 0 Å². The normalized spacial score (nSPS) is 10.8. The summed E-state index contributed by atoms with van der Waals surface area (Å²) in [5, 5.41) is 0. The van der Waals surface area contributed by atoms with Gasteiger partial charge in [0.1, 0.15) is 0 Å². The molecule has 0 unspecified atom stereocenters. The lowest BCUT2D eigenvalue weighted by Gasteiger charge is -2.12. The van der Waals surface area contributed by atoms with Crippen molar-refractivity contribution in [3.63, 3.8) is 0 Å². The number of ether oxygens (including phenoxy) is 2. The molecule has 0 spiro atoms. The van der Waals surface area contributed by atoms with E-state index in [-0.39, 0.29) is 6.29 Å². The van der Waals surface area contributed by atoms with Crippen LogP contribution in [-0.4, -0.2) is 36.9 Å². The summed E-state index contributed by atoms with van der Waals surface area (Å²) in [5.74, 6) is 0. The Hall–Kier alpha value is -0.943. The first-order valence-corrected chi connectivity index (χ1v) is 7.03. The average molecular weight is 264 g/mol. The molecule has 2 radical (unpaired) electrons. The summed E-state index contributed by atoms with van der Waals surface area (Å²) >= 11 is 0. The summed E-state index contributed by atoms with van der Waals surface area (Å²) in [6.45, 7) is 4.48. The van der Waals surface area contributed by atoms with Crippen molar-refractivity contribution in [2.75, 3.05) is 20.8 Å². The summed E-state index contributed by atoms with van der Waals surface area (Å²) in [4.78, 5) is 0. The van der Waals surface area contributed by atoms with Crippen LogP contribution < -0.4 is 0 Å². The Morgan fingerprint density at radius 3 is 2.78 bits per heavy atom. The molecule has 0 aliphatic carbocycles. The maximum atomic E-state index is 5.59. The summed E-state index contributed by atoms with van der Waals surface area (Å²) < 4.78 is 15.8. The van der Waals surface area contributed by atoms with Crippen LogP contribution in [0.4, 0.5) is 0 Å². The molecule has 0 bridgehead atoms. The van der Waals surface area contributed by atoms with Gasteiger partial charge in [0.2, 0.25) is 9.76 Å². The molecule has 1 aromatic rings. The van der Waals surface area contributed by atoms with Crippen LogP contribution in [0.15, 0.2) is 30.8 Å². The van der Waals surface area contributed by atoms with Crippen molar-refractivity contribution in [2.24, 2.45) is 0 Å². The first-order chi connectivity index (χ1) is 8.80. The van der Waals surface area contributed by atoms with Crippen molar-refractivity contribution in [1.29, 1.82) is 0 Å². The smallest absolute Gasteiger partial charge is 0.234 e. The van der Waals surface area contributed by atoms with Gasteiger partial charge in [-0.1, -0.05) is 36.9 Å². The Kier molecular flexibility index (Phi) is 7.60. The van der Waals surface area contributed by atoms with Crippen LogP contribution in [0.2, 0.25) is 6.04 Å². The van der Waals surface area contributed by atoms with Gasteiger partial charge in [0.25, 0.3) is 0 Å². The second-order valence-corrected chi connectivity index (χ2v) is 4.78. The third-order valence-electron chi connectivity index (χ3n) is 2.56. The monoisotopic (exact) mass is 264 g/mol. The third kappa shape index (κ3) is 5.60. The summed E-state index contributed by atoms with van der Waals surface area (Å²) in [6, 6.07) is 9.10. The number of benzene rings is 1. The fourth-order valence-corrected chi connectivity index (χ4v) is 2.34. The van der Waals surface area contributed by atoms with Gasteiger partial charge in [-0.15, -0.1) is 0 Å². The lowest BCUT2D eigenvalue weighted by atomic mass is 10.1. The van der Waals surface area contributed by atoms with Crippen molar-refractivity contribution in [3.05, 3.63) is 42.0 Å². The molecule has 0 atom stereocenters. The van der Waals surface area contributed by atoms with Gasteiger partial charge in [-0.3, -0.25) is 0 Å². The molecular weight excluding hydrogens is 244 g/mol. The molecule has 0 heterocycles. The molecule has 0 amide bonds. The molecule has 0 aliphatic heterocycles. The van der Waals surface area contributed by atoms with Crippen molar-refractivity contribution in [3.8, 4) is 0 Å². The molecule has 3 nitrogen and oxygen atoms in total. The second-order valence-electron chi connectivity index (χ2n) is 3.80. The van der Waals surface area contributed by atoms with Gasteiger partial charge in [-0.2, -0.15) is 0 Å². The van der Waals surface area contributed by atoms with Crippen LogP contribution in [0.1, 0.15) is 11.1 Å². The Bertz CT molecular complexity index is 351. The van der Waals surface area contributed by atoms with E-state index in [1.807, 2.05) is 18.2 Å². The molecule has 0 fully saturated rings. The quantitative estimate of drug-likeness (QED) is 0.390. The van der Waals surface area contributed by atoms with E-state index in [2.05, 4.69) is 18.7 Å². The highest BCUT2D eigenvalue weighted by molar-refractivity contribution is 6.27. The first-order valence-electron chi connectivity index (χ1n) is 5.91. The van der Waals surface area contributed by atoms with E-state index in [0.29, 0.717) is 9.76 Å². The van der Waals surface area contributed by atoms with E-state index in [1.54, 1.807) is 14.2 Å². The number of rotatable bonds is 9. The molecule has 4 heteroatoms. The van der Waals surface area contributed by atoms with Gasteiger partial charge in [0, 0.05) is 26.9 Å². The maximum absolute atomic E-state index is 5.59. The fraction of sp³-hybridized carbons (Fsp3) is 0.429. The minimum Gasteiger partial charge on any atom is -0.417 e. The van der Waals surface area contributed by atoms with E-state index in [0.717, 1.165) is 24.6 Å². The highest BCUT2D eigenvalue weighted by Crippen LogP contribution is 2.07. The van der Waals surface area contributed by atoms with Gasteiger partial charge in [0.05, 0.1) is 0 Å². The fourth-order valence-electron chi connectivity index (χ4n) is 1.51. The number of methoxy groups -OCH3 is 2. The minimum atomic E-state index is -0.160. The van der Waals surface area contributed by atoms with Gasteiger partial charge < -0.3 is 13.9 Å². The van der Waals surface area contributed by atoms with Gasteiger partial charge in [-0.25, -0.2) is 0 Å². The van der Waals surface area contributed by atoms with E-state index in [9.17, 15) is 0 Å². The Morgan fingerprint density at radius 2 is 2.11 bits per heavy atom. The first kappa shape index (κ1) is 15.1. The summed E-state index contributed by atoms with van der Waals surface area (Å²) in [6.07, 6.45) is 2.61. The predicted molar refractivity (Wildman–Crippen MR) is 74.6 cm³/mol. The van der Waals surface area contributed by atoms with Crippen LogP contribution in [0, 0.1) is 0 Å². The zero-order chi connectivity index (χ0) is 13.2. The van der Waals surface area contributed by atoms with E-state index in [1.165, 1.54) is 5.56 Å². The molecular formula is C14H20O3Si. The molecule has 0 aromatic heterocycles. The standard InChI is InChI=1S/C14H20O3Si/c1-4-12-6-5-7-13(10-12)8-9-17-18-11-14(15-2)16-3/h4-7,10,14H,1,8-9,11H2,2-3H3. The SMILES string of the molecule is C=Cc1cccc(CCO[Si]CC(OC)OC)c1. The Balaban J connectivity index is 2.19. The molecule has 1 aromatic carbocycles. The Morgan fingerprint density at radius 1 is 1.33 bits per heavy atom. The van der Waals surface area contributed by atoms with Crippen LogP contribution >= 0.6 is 0 Å². The second kappa shape index (κ2) is 9.05. The van der Waals surface area contributed by atoms with Crippen LogP contribution in [0.5, 0.6) is 0 Å². The zero-order valence-electron chi connectivity index (χ0n) is 11.0. The number of hydrogen-bond acceptors (Lipinski definition) is 3. The maximum Gasteiger partial charge on any atom is 0.234 e. The van der Waals surface area contributed by atoms with Crippen molar-refractivity contribution in [1.82, 2.24) is 0 Å². The summed E-state index contributed by atoms with van der Waals surface area (Å²) in [5.41, 5.74) is 2.42. The highest BCUT2D eigenvalue weighted by atomic mass is 28.2. The van der Waals surface area contributed by atoms with Crippen molar-refractivity contribution < 1.29 is 13.9 Å². The largest absolute Gasteiger partial charge is 0.417 e. The van der Waals surface area contributed by atoms with Crippen LogP contribution in [-0.2, 0) is 20.3 Å². The Labute approximate surface area is 112 Å². The summed E-state index contributed by atoms with van der Waals surface area (Å²) in [7, 11) is 3.68. The highest BCUT2D eigenvalue weighted by Gasteiger charge is 2.05. The number of hydrogen-bond donors (Lipinski definition) is 0. The van der Waals surface area contributed by atoms with Gasteiger partial charge in [0.15, 0.2) is 6.29 Å². The minimum absolute atomic E-state index is 0.160. The lowest BCUT2D eigenvalue weighted by Crippen LogP contribution is -2.17. The van der Waals surface area contributed by atoms with Gasteiger partial charge >= 0.3 is 0 Å². The molecule has 0 aliphatic rings. The topological polar surface area (TPSA) is 27.7 Å². The molecule has 18 heavy (non-hydrogen) atoms. The molecule has 98 valence electrons. The molecule has 1 rings (SSSR count). The molecule has 0 saturated heterocycles. The van der Waals surface area contributed by atoms with E-state index < -0.39 is 0 Å². The van der Waals surface area contributed by atoms with Crippen molar-refractivity contribution >= 4 is 15.8 Å². The molecule has 0 saturated carbocycles. The van der Waals surface area contributed by atoms with Crippen LogP contribution in [0.3, 0.4) is 0 Å². The molecule has 0 N–H and O–H groups in total. The average Bonchev–Trinajstić information content (AvgIpc) is 2.43. The lowest BCUT2D eigenvalue weighted by molar-refractivity contribution is -0.0888. The van der Waals surface area contributed by atoms with Crippen LogP contribution in [0.25, 0.3) is 6.08 Å². The van der Waals surface area contributed by atoms with E-state index in [4.69, 9.17) is 13.9 Å². The van der Waals surface area contributed by atoms with Gasteiger partial charge in [-0.05, 0) is 17.5 Å².